The van der Waals surface area contributed by atoms with Gasteiger partial charge in [0, 0.05) is 12.2 Å². The lowest BCUT2D eigenvalue weighted by molar-refractivity contribution is 0.0941. The number of aliphatic hydroxyl groups excluding tert-OH is 1. The monoisotopic (exact) mass is 250 g/mol. The highest BCUT2D eigenvalue weighted by molar-refractivity contribution is 5.34. The highest BCUT2D eigenvalue weighted by atomic mass is 16.5. The van der Waals surface area contributed by atoms with Gasteiger partial charge in [-0.3, -0.25) is 0 Å². The van der Waals surface area contributed by atoms with Gasteiger partial charge in [-0.05, 0) is 38.2 Å². The van der Waals surface area contributed by atoms with Crippen LogP contribution >= 0.6 is 0 Å². The molecule has 1 aromatic rings. The molecule has 3 heteroatoms. The zero-order valence-corrected chi connectivity index (χ0v) is 11.0. The molecule has 18 heavy (non-hydrogen) atoms. The van der Waals surface area contributed by atoms with E-state index in [4.69, 9.17) is 9.47 Å². The van der Waals surface area contributed by atoms with Crippen molar-refractivity contribution in [3.8, 4) is 5.75 Å². The van der Waals surface area contributed by atoms with Crippen molar-refractivity contribution in [2.75, 3.05) is 13.7 Å². The Kier molecular flexibility index (Phi) is 5.02. The van der Waals surface area contributed by atoms with Gasteiger partial charge in [0.25, 0.3) is 0 Å². The Morgan fingerprint density at radius 3 is 3.00 bits per heavy atom. The van der Waals surface area contributed by atoms with Crippen LogP contribution in [0, 0.1) is 0 Å². The first-order valence-electron chi connectivity index (χ1n) is 6.74. The van der Waals surface area contributed by atoms with Crippen LogP contribution in [0.25, 0.3) is 0 Å². The molecule has 100 valence electrons. The van der Waals surface area contributed by atoms with E-state index in [2.05, 4.69) is 0 Å². The van der Waals surface area contributed by atoms with Gasteiger partial charge in [0.15, 0.2) is 0 Å². The van der Waals surface area contributed by atoms with Crippen LogP contribution in [0.5, 0.6) is 5.75 Å². The summed E-state index contributed by atoms with van der Waals surface area (Å²) in [6.45, 7) is 0.903. The largest absolute Gasteiger partial charge is 0.496 e. The Labute approximate surface area is 109 Å². The fourth-order valence-corrected chi connectivity index (χ4v) is 2.51. The van der Waals surface area contributed by atoms with Crippen molar-refractivity contribution in [3.05, 3.63) is 29.8 Å². The molecule has 2 atom stereocenters. The first kappa shape index (κ1) is 13.4. The third-order valence-corrected chi connectivity index (χ3v) is 3.53. The maximum atomic E-state index is 10.2. The summed E-state index contributed by atoms with van der Waals surface area (Å²) in [6.07, 6.45) is 5.12. The summed E-state index contributed by atoms with van der Waals surface area (Å²) in [7, 11) is 1.64. The van der Waals surface area contributed by atoms with Gasteiger partial charge in [-0.2, -0.15) is 0 Å². The molecule has 3 nitrogen and oxygen atoms in total. The fraction of sp³-hybridized carbons (Fsp3) is 0.600. The van der Waals surface area contributed by atoms with Crippen molar-refractivity contribution in [1.82, 2.24) is 0 Å². The minimum absolute atomic E-state index is 0.412. The molecule has 0 radical (unpaired) electrons. The van der Waals surface area contributed by atoms with Crippen LogP contribution in [0.4, 0.5) is 0 Å². The van der Waals surface area contributed by atoms with Gasteiger partial charge in [-0.25, -0.2) is 0 Å². The zero-order valence-electron chi connectivity index (χ0n) is 11.0. The van der Waals surface area contributed by atoms with Crippen LogP contribution in [-0.4, -0.2) is 24.9 Å². The van der Waals surface area contributed by atoms with Crippen LogP contribution in [0.1, 0.15) is 43.8 Å². The second kappa shape index (κ2) is 6.76. The van der Waals surface area contributed by atoms with Crippen molar-refractivity contribution < 1.29 is 14.6 Å². The van der Waals surface area contributed by atoms with Crippen molar-refractivity contribution in [1.29, 1.82) is 0 Å². The summed E-state index contributed by atoms with van der Waals surface area (Å²) in [5, 5.41) is 10.2. The van der Waals surface area contributed by atoms with Gasteiger partial charge in [0.05, 0.1) is 19.3 Å². The average molecular weight is 250 g/mol. The minimum Gasteiger partial charge on any atom is -0.496 e. The highest BCUT2D eigenvalue weighted by Gasteiger charge is 2.17. The molecule has 2 unspecified atom stereocenters. The van der Waals surface area contributed by atoms with Gasteiger partial charge in [0.2, 0.25) is 0 Å². The van der Waals surface area contributed by atoms with E-state index < -0.39 is 6.10 Å². The molecular formula is C15H22O3. The third kappa shape index (κ3) is 3.47. The molecule has 0 amide bonds. The number of hydrogen-bond acceptors (Lipinski definition) is 3. The number of aliphatic hydroxyl groups is 1. The topological polar surface area (TPSA) is 38.7 Å². The molecule has 0 bridgehead atoms. The second-order valence-corrected chi connectivity index (χ2v) is 4.82. The molecule has 1 aromatic carbocycles. The molecule has 1 heterocycles. The van der Waals surface area contributed by atoms with Crippen LogP contribution in [-0.2, 0) is 4.74 Å². The Morgan fingerprint density at radius 2 is 2.28 bits per heavy atom. The van der Waals surface area contributed by atoms with Crippen LogP contribution in [0.15, 0.2) is 24.3 Å². The molecule has 1 aliphatic heterocycles. The normalized spacial score (nSPS) is 20.9. The molecule has 2 rings (SSSR count). The molecule has 1 aliphatic rings. The summed E-state index contributed by atoms with van der Waals surface area (Å²) in [5.41, 5.74) is 0.882. The smallest absolute Gasteiger partial charge is 0.124 e. The van der Waals surface area contributed by atoms with E-state index in [1.54, 1.807) is 7.11 Å². The number of ether oxygens (including phenoxy) is 2. The first-order valence-corrected chi connectivity index (χ1v) is 6.74. The predicted molar refractivity (Wildman–Crippen MR) is 70.8 cm³/mol. The fourth-order valence-electron chi connectivity index (χ4n) is 2.51. The van der Waals surface area contributed by atoms with E-state index in [-0.39, 0.29) is 0 Å². The van der Waals surface area contributed by atoms with E-state index in [1.807, 2.05) is 24.3 Å². The van der Waals surface area contributed by atoms with E-state index in [1.165, 1.54) is 12.8 Å². The summed E-state index contributed by atoms with van der Waals surface area (Å²) < 4.78 is 10.8. The lowest BCUT2D eigenvalue weighted by Crippen LogP contribution is -2.06. The van der Waals surface area contributed by atoms with Crippen molar-refractivity contribution in [3.63, 3.8) is 0 Å². The van der Waals surface area contributed by atoms with Crippen LogP contribution in [0.2, 0.25) is 0 Å². The Balaban J connectivity index is 1.81. The highest BCUT2D eigenvalue weighted by Crippen LogP contribution is 2.29. The van der Waals surface area contributed by atoms with Gasteiger partial charge >= 0.3 is 0 Å². The Morgan fingerprint density at radius 1 is 1.44 bits per heavy atom. The third-order valence-electron chi connectivity index (χ3n) is 3.53. The van der Waals surface area contributed by atoms with Gasteiger partial charge in [-0.15, -0.1) is 0 Å². The Hall–Kier alpha value is -1.06. The van der Waals surface area contributed by atoms with Crippen LogP contribution in [0.3, 0.4) is 0 Å². The summed E-state index contributed by atoms with van der Waals surface area (Å²) in [6, 6.07) is 7.66. The zero-order chi connectivity index (χ0) is 12.8. The number of hydrogen-bond donors (Lipinski definition) is 1. The van der Waals surface area contributed by atoms with E-state index >= 15 is 0 Å². The van der Waals surface area contributed by atoms with Gasteiger partial charge in [0.1, 0.15) is 5.75 Å². The SMILES string of the molecule is COc1ccccc1C(O)CCCC1CCCO1. The van der Waals surface area contributed by atoms with E-state index in [0.717, 1.165) is 37.2 Å². The number of rotatable bonds is 6. The molecule has 1 saturated heterocycles. The molecule has 0 aliphatic carbocycles. The second-order valence-electron chi connectivity index (χ2n) is 4.82. The predicted octanol–water partition coefficient (Wildman–Crippen LogP) is 3.08. The molecule has 1 fully saturated rings. The summed E-state index contributed by atoms with van der Waals surface area (Å²) >= 11 is 0. The lowest BCUT2D eigenvalue weighted by Gasteiger charge is -2.15. The van der Waals surface area contributed by atoms with Crippen molar-refractivity contribution in [2.24, 2.45) is 0 Å². The lowest BCUT2D eigenvalue weighted by atomic mass is 10.0. The number of methoxy groups -OCH3 is 1. The quantitative estimate of drug-likeness (QED) is 0.843. The minimum atomic E-state index is -0.442. The Bertz CT molecular complexity index is 359. The van der Waals surface area contributed by atoms with Crippen LogP contribution < -0.4 is 4.74 Å². The van der Waals surface area contributed by atoms with Gasteiger partial charge < -0.3 is 14.6 Å². The number of para-hydroxylation sites is 1. The van der Waals surface area contributed by atoms with Crippen molar-refractivity contribution in [2.45, 2.75) is 44.3 Å². The summed E-state index contributed by atoms with van der Waals surface area (Å²) in [5.74, 6) is 0.766. The van der Waals surface area contributed by atoms with E-state index in [0.29, 0.717) is 6.10 Å². The molecule has 0 saturated carbocycles. The van der Waals surface area contributed by atoms with E-state index in [9.17, 15) is 5.11 Å². The molecule has 0 spiro atoms. The van der Waals surface area contributed by atoms with Gasteiger partial charge in [-0.1, -0.05) is 18.2 Å². The standard InChI is InChI=1S/C15H22O3/c1-17-15-10-3-2-8-13(15)14(16)9-4-6-12-7-5-11-18-12/h2-3,8,10,12,14,16H,4-7,9,11H2,1H3. The maximum absolute atomic E-state index is 10.2. The summed E-state index contributed by atoms with van der Waals surface area (Å²) in [4.78, 5) is 0. The molecule has 1 N–H and O–H groups in total. The maximum Gasteiger partial charge on any atom is 0.124 e. The molecule has 0 aromatic heterocycles. The average Bonchev–Trinajstić information content (AvgIpc) is 2.91. The van der Waals surface area contributed by atoms with Crippen molar-refractivity contribution >= 4 is 0 Å². The number of benzene rings is 1. The first-order chi connectivity index (χ1) is 8.81. The molecular weight excluding hydrogens is 228 g/mol.